The monoisotopic (exact) mass is 378 g/mol. The molecule has 0 aliphatic heterocycles. The third-order valence-electron chi connectivity index (χ3n) is 3.05. The Hall–Kier alpha value is -0.720. The van der Waals surface area contributed by atoms with Crippen molar-refractivity contribution >= 4 is 46.6 Å². The van der Waals surface area contributed by atoms with Crippen molar-refractivity contribution in [2.75, 3.05) is 6.61 Å². The maximum atomic E-state index is 12.0. The summed E-state index contributed by atoms with van der Waals surface area (Å²) in [6.45, 7) is 1.65. The number of halogens is 3. The Labute approximate surface area is 146 Å². The van der Waals surface area contributed by atoms with Gasteiger partial charge in [0.1, 0.15) is 0 Å². The van der Waals surface area contributed by atoms with Gasteiger partial charge in [-0.05, 0) is 19.1 Å². The largest absolute Gasteiger partial charge is 0.396 e. The number of rotatable bonds is 5. The smallest absolute Gasteiger partial charge is 0.255 e. The van der Waals surface area contributed by atoms with Crippen molar-refractivity contribution in [2.45, 2.75) is 24.3 Å². The van der Waals surface area contributed by atoms with E-state index in [9.17, 15) is 4.79 Å². The Balaban J connectivity index is 2.23. The van der Waals surface area contributed by atoms with Gasteiger partial charge >= 0.3 is 0 Å². The molecule has 0 amide bonds. The molecule has 1 aromatic heterocycles. The van der Waals surface area contributed by atoms with Crippen LogP contribution in [0.15, 0.2) is 22.1 Å². The lowest BCUT2D eigenvalue weighted by Crippen LogP contribution is -2.18. The molecule has 0 fully saturated rings. The van der Waals surface area contributed by atoms with Crippen molar-refractivity contribution in [3.8, 4) is 0 Å². The molecule has 0 aliphatic carbocycles. The van der Waals surface area contributed by atoms with Crippen LogP contribution in [0.2, 0.25) is 15.1 Å². The number of thioether (sulfide) groups is 1. The second-order valence-corrected chi connectivity index (χ2v) is 6.68. The van der Waals surface area contributed by atoms with Gasteiger partial charge in [-0.3, -0.25) is 4.79 Å². The summed E-state index contributed by atoms with van der Waals surface area (Å²) in [7, 11) is 0. The van der Waals surface area contributed by atoms with Gasteiger partial charge in [0.2, 0.25) is 0 Å². The number of aliphatic hydroxyl groups excluding tert-OH is 1. The van der Waals surface area contributed by atoms with Gasteiger partial charge in [-0.1, -0.05) is 46.6 Å². The average Bonchev–Trinajstić information content (AvgIpc) is 2.47. The fraction of sp³-hybridized carbons (Fsp3) is 0.286. The summed E-state index contributed by atoms with van der Waals surface area (Å²) in [5, 5.41) is 10.8. The average molecular weight is 380 g/mol. The molecule has 0 saturated heterocycles. The second kappa shape index (κ2) is 7.70. The highest BCUT2D eigenvalue weighted by Gasteiger charge is 2.12. The van der Waals surface area contributed by atoms with Gasteiger partial charge in [-0.25, -0.2) is 4.98 Å². The highest BCUT2D eigenvalue weighted by molar-refractivity contribution is 7.98. The van der Waals surface area contributed by atoms with Crippen molar-refractivity contribution < 1.29 is 5.11 Å². The summed E-state index contributed by atoms with van der Waals surface area (Å²) < 4.78 is 0. The molecule has 0 radical (unpaired) electrons. The quantitative estimate of drug-likeness (QED) is 0.470. The van der Waals surface area contributed by atoms with Crippen LogP contribution in [0.25, 0.3) is 0 Å². The number of benzene rings is 1. The molecule has 2 rings (SSSR count). The van der Waals surface area contributed by atoms with Crippen LogP contribution in [-0.4, -0.2) is 21.7 Å². The molecule has 8 heteroatoms. The molecule has 0 aliphatic rings. The molecule has 118 valence electrons. The third-order valence-corrected chi connectivity index (χ3v) is 5.15. The number of nitrogens with zero attached hydrogens (tertiary/aromatic N) is 1. The molecule has 0 unspecified atom stereocenters. The van der Waals surface area contributed by atoms with Gasteiger partial charge in [-0.2, -0.15) is 0 Å². The first-order valence-electron chi connectivity index (χ1n) is 6.40. The Morgan fingerprint density at radius 1 is 1.23 bits per heavy atom. The van der Waals surface area contributed by atoms with Gasteiger partial charge in [0.05, 0.1) is 10.0 Å². The van der Waals surface area contributed by atoms with Crippen molar-refractivity contribution in [1.82, 2.24) is 9.97 Å². The zero-order valence-electron chi connectivity index (χ0n) is 11.6. The van der Waals surface area contributed by atoms with E-state index in [-0.39, 0.29) is 18.6 Å². The number of hydrogen-bond donors (Lipinski definition) is 2. The van der Waals surface area contributed by atoms with Crippen LogP contribution in [0, 0.1) is 6.92 Å². The fourth-order valence-electron chi connectivity index (χ4n) is 1.90. The topological polar surface area (TPSA) is 66.0 Å². The van der Waals surface area contributed by atoms with E-state index in [1.54, 1.807) is 19.1 Å². The van der Waals surface area contributed by atoms with E-state index in [2.05, 4.69) is 9.97 Å². The van der Waals surface area contributed by atoms with E-state index in [0.29, 0.717) is 42.8 Å². The predicted molar refractivity (Wildman–Crippen MR) is 91.4 cm³/mol. The summed E-state index contributed by atoms with van der Waals surface area (Å²) in [6.07, 6.45) is 0.283. The minimum absolute atomic E-state index is 0.0914. The molecule has 2 N–H and O–H groups in total. The first kappa shape index (κ1) is 17.6. The van der Waals surface area contributed by atoms with E-state index < -0.39 is 0 Å². The van der Waals surface area contributed by atoms with Crippen LogP contribution in [0.4, 0.5) is 0 Å². The van der Waals surface area contributed by atoms with Crippen molar-refractivity contribution in [3.05, 3.63) is 54.4 Å². The van der Waals surface area contributed by atoms with Crippen molar-refractivity contribution in [3.63, 3.8) is 0 Å². The number of hydrogen-bond acceptors (Lipinski definition) is 4. The lowest BCUT2D eigenvalue weighted by Gasteiger charge is -2.09. The van der Waals surface area contributed by atoms with E-state index in [0.717, 1.165) is 0 Å². The van der Waals surface area contributed by atoms with Gasteiger partial charge in [0.25, 0.3) is 5.56 Å². The number of aromatic amines is 1. The predicted octanol–water partition coefficient (Wildman–Crippen LogP) is 3.87. The molecule has 0 saturated carbocycles. The van der Waals surface area contributed by atoms with Crippen molar-refractivity contribution in [2.24, 2.45) is 0 Å². The number of H-pyrrole nitrogens is 1. The van der Waals surface area contributed by atoms with Crippen LogP contribution in [0.1, 0.15) is 16.8 Å². The van der Waals surface area contributed by atoms with E-state index in [1.165, 1.54) is 11.8 Å². The third kappa shape index (κ3) is 3.97. The standard InChI is InChI=1S/C14H13Cl3N2O2S/c1-7-8(4-5-20)13(21)19-14(18-7)22-6-9-10(15)2-3-11(16)12(9)17/h2-3,20H,4-6H2,1H3,(H,18,19,21). The Morgan fingerprint density at radius 3 is 2.55 bits per heavy atom. The highest BCUT2D eigenvalue weighted by Crippen LogP contribution is 2.35. The van der Waals surface area contributed by atoms with Crippen LogP contribution < -0.4 is 5.56 Å². The maximum Gasteiger partial charge on any atom is 0.255 e. The van der Waals surface area contributed by atoms with Crippen LogP contribution in [0.5, 0.6) is 0 Å². The van der Waals surface area contributed by atoms with Gasteiger partial charge in [0, 0.05) is 40.6 Å². The molecule has 1 aromatic carbocycles. The molecule has 2 aromatic rings. The number of aliphatic hydroxyl groups is 1. The van der Waals surface area contributed by atoms with Crippen LogP contribution >= 0.6 is 46.6 Å². The number of nitrogens with one attached hydrogen (secondary N) is 1. The highest BCUT2D eigenvalue weighted by atomic mass is 35.5. The lowest BCUT2D eigenvalue weighted by molar-refractivity contribution is 0.298. The minimum atomic E-state index is -0.243. The van der Waals surface area contributed by atoms with E-state index in [1.807, 2.05) is 0 Å². The Morgan fingerprint density at radius 2 is 1.91 bits per heavy atom. The minimum Gasteiger partial charge on any atom is -0.396 e. The zero-order valence-corrected chi connectivity index (χ0v) is 14.7. The molecular formula is C14H13Cl3N2O2S. The fourth-order valence-corrected chi connectivity index (χ4v) is 3.69. The molecular weight excluding hydrogens is 367 g/mol. The molecule has 0 spiro atoms. The maximum absolute atomic E-state index is 12.0. The molecule has 4 nitrogen and oxygen atoms in total. The summed E-state index contributed by atoms with van der Waals surface area (Å²) in [6, 6.07) is 3.31. The van der Waals surface area contributed by atoms with Crippen molar-refractivity contribution in [1.29, 1.82) is 0 Å². The van der Waals surface area contributed by atoms with E-state index in [4.69, 9.17) is 39.9 Å². The zero-order chi connectivity index (χ0) is 16.3. The molecule has 1 heterocycles. The summed E-state index contributed by atoms with van der Waals surface area (Å²) >= 11 is 19.5. The second-order valence-electron chi connectivity index (χ2n) is 4.52. The lowest BCUT2D eigenvalue weighted by atomic mass is 10.2. The SMILES string of the molecule is Cc1nc(SCc2c(Cl)ccc(Cl)c2Cl)[nH]c(=O)c1CCO. The summed E-state index contributed by atoms with van der Waals surface area (Å²) in [4.78, 5) is 19.0. The summed E-state index contributed by atoms with van der Waals surface area (Å²) in [5.41, 5.74) is 1.54. The van der Waals surface area contributed by atoms with Gasteiger partial charge in [0.15, 0.2) is 5.16 Å². The number of aromatic nitrogens is 2. The van der Waals surface area contributed by atoms with Crippen LogP contribution in [-0.2, 0) is 12.2 Å². The normalized spacial score (nSPS) is 11.0. The Kier molecular flexibility index (Phi) is 6.17. The van der Waals surface area contributed by atoms with Gasteiger partial charge in [-0.15, -0.1) is 0 Å². The first-order chi connectivity index (χ1) is 10.4. The molecule has 0 bridgehead atoms. The van der Waals surface area contributed by atoms with Gasteiger partial charge < -0.3 is 10.1 Å². The first-order valence-corrected chi connectivity index (χ1v) is 8.51. The van der Waals surface area contributed by atoms with E-state index >= 15 is 0 Å². The molecule has 22 heavy (non-hydrogen) atoms. The Bertz CT molecular complexity index is 750. The van der Waals surface area contributed by atoms with Crippen LogP contribution in [0.3, 0.4) is 0 Å². The summed E-state index contributed by atoms with van der Waals surface area (Å²) in [5.74, 6) is 0.431. The molecule has 0 atom stereocenters. The number of aryl methyl sites for hydroxylation is 1.